The molecule has 0 atom stereocenters. The summed E-state index contributed by atoms with van der Waals surface area (Å²) in [5, 5.41) is 2.75. The Bertz CT molecular complexity index is 3250. The maximum atomic E-state index is 2.81. The maximum absolute atomic E-state index is 2.81. The SMILES string of the molecule is CC(C)(C)c1ccc2c(c1)B1c3cc(C(C)(C)C)cc4c3N(c3cc(C(C)(C)C)cc(c31)[Se]2)c1cc(C(C)(C)C)cc2c1B4c1cc(C(C)(C)C)cc3c4cc(C(C)(C)C)ccc4n-2c13. The van der Waals surface area contributed by atoms with Crippen molar-refractivity contribution in [3.8, 4) is 5.69 Å². The summed E-state index contributed by atoms with van der Waals surface area (Å²) in [4.78, 5) is 2.81. The van der Waals surface area contributed by atoms with Gasteiger partial charge >= 0.3 is 373 Å². The molecule has 0 amide bonds. The second-order valence-corrected chi connectivity index (χ2v) is 28.7. The van der Waals surface area contributed by atoms with Crippen molar-refractivity contribution in [3.05, 3.63) is 118 Å². The van der Waals surface area contributed by atoms with E-state index in [0.717, 1.165) is 0 Å². The van der Waals surface area contributed by atoms with Crippen LogP contribution in [0.1, 0.15) is 158 Å². The first kappa shape index (κ1) is 43.2. The summed E-state index contributed by atoms with van der Waals surface area (Å²) in [7, 11) is 0. The molecule has 4 aliphatic rings. The zero-order chi connectivity index (χ0) is 46.6. The molecular formula is C60H68B2N2Se. The fourth-order valence-corrected chi connectivity index (χ4v) is 14.0. The van der Waals surface area contributed by atoms with Crippen LogP contribution in [0.15, 0.2) is 84.9 Å². The minimum absolute atomic E-state index is 0.0124. The predicted molar refractivity (Wildman–Crippen MR) is 288 cm³/mol. The average molecular weight is 918 g/mol. The van der Waals surface area contributed by atoms with Gasteiger partial charge in [0.1, 0.15) is 0 Å². The monoisotopic (exact) mass is 918 g/mol. The summed E-state index contributed by atoms with van der Waals surface area (Å²) in [6.45, 7) is 43.3. The molecule has 2 nitrogen and oxygen atoms in total. The standard InChI is InChI=1S/C60H68B2N2Se/c1-55(2,3)33-19-21-45-39(23-33)40-24-35(57(7,8)9)26-42-53(40)63(45)46-29-37(59(13,14)15)30-47-51(46)62(42)44-28-36(58(10,11)12)27-43-54(44)64(47)48-31-38(60(16,17)18)32-50-52(48)61(43)41-25-34(56(4,5)6)20-22-49(41)65-50/h19-32H,1-18H3. The summed E-state index contributed by atoms with van der Waals surface area (Å²) in [6, 6.07) is 35.9. The molecule has 0 unspecified atom stereocenters. The van der Waals surface area contributed by atoms with Crippen LogP contribution >= 0.6 is 0 Å². The van der Waals surface area contributed by atoms with Crippen LogP contribution in [-0.4, -0.2) is 32.9 Å². The Labute approximate surface area is 397 Å². The first-order valence-corrected chi connectivity index (χ1v) is 26.0. The number of aromatic nitrogens is 1. The topological polar surface area (TPSA) is 8.17 Å². The Hall–Kier alpha value is -4.43. The van der Waals surface area contributed by atoms with E-state index in [4.69, 9.17) is 0 Å². The van der Waals surface area contributed by atoms with E-state index in [2.05, 4.69) is 219 Å². The van der Waals surface area contributed by atoms with Crippen molar-refractivity contribution in [1.29, 1.82) is 0 Å². The number of anilines is 3. The van der Waals surface area contributed by atoms with Crippen molar-refractivity contribution < 1.29 is 0 Å². The Morgan fingerprint density at radius 1 is 0.369 bits per heavy atom. The van der Waals surface area contributed by atoms with Gasteiger partial charge in [0.2, 0.25) is 0 Å². The molecule has 0 aliphatic carbocycles. The molecular weight excluding hydrogens is 849 g/mol. The van der Waals surface area contributed by atoms with E-state index in [1.165, 1.54) is 115 Å². The van der Waals surface area contributed by atoms with E-state index in [1.807, 2.05) is 0 Å². The number of hydrogen-bond acceptors (Lipinski definition) is 1. The molecule has 0 saturated carbocycles. The summed E-state index contributed by atoms with van der Waals surface area (Å²) < 4.78 is 5.78. The van der Waals surface area contributed by atoms with Crippen LogP contribution in [0.3, 0.4) is 0 Å². The number of nitrogens with zero attached hydrogens (tertiary/aromatic N) is 2. The Morgan fingerprint density at radius 3 is 1.38 bits per heavy atom. The minimum atomic E-state index is -0.0749. The fourth-order valence-electron chi connectivity index (χ4n) is 11.5. The molecule has 0 N–H and O–H groups in total. The van der Waals surface area contributed by atoms with Crippen molar-refractivity contribution in [1.82, 2.24) is 4.57 Å². The number of fused-ring (bicyclic) bond motifs is 11. The zero-order valence-electron chi connectivity index (χ0n) is 42.5. The molecule has 65 heavy (non-hydrogen) atoms. The first-order chi connectivity index (χ1) is 30.0. The quantitative estimate of drug-likeness (QED) is 0.138. The Balaban J connectivity index is 1.36. The first-order valence-electron chi connectivity index (χ1n) is 24.3. The summed E-state index contributed by atoms with van der Waals surface area (Å²) in [6.07, 6.45) is 0. The van der Waals surface area contributed by atoms with Gasteiger partial charge in [-0.2, -0.15) is 0 Å². The van der Waals surface area contributed by atoms with Crippen molar-refractivity contribution in [2.24, 2.45) is 0 Å². The summed E-state index contributed by atoms with van der Waals surface area (Å²) >= 11 is 0.171. The van der Waals surface area contributed by atoms with Gasteiger partial charge in [0.05, 0.1) is 0 Å². The van der Waals surface area contributed by atoms with Crippen molar-refractivity contribution >= 4 is 109 Å². The van der Waals surface area contributed by atoms with Gasteiger partial charge in [-0.15, -0.1) is 0 Å². The van der Waals surface area contributed by atoms with E-state index in [-0.39, 0.29) is 60.9 Å². The second kappa shape index (κ2) is 13.2. The van der Waals surface area contributed by atoms with Gasteiger partial charge in [-0.25, -0.2) is 0 Å². The van der Waals surface area contributed by atoms with E-state index < -0.39 is 0 Å². The van der Waals surface area contributed by atoms with E-state index >= 15 is 0 Å². The normalized spacial score (nSPS) is 15.4. The number of rotatable bonds is 0. The van der Waals surface area contributed by atoms with Crippen LogP contribution < -0.4 is 46.6 Å². The average Bonchev–Trinajstić information content (AvgIpc) is 3.52. The molecule has 0 saturated heterocycles. The van der Waals surface area contributed by atoms with Gasteiger partial charge in [-0.05, 0) is 5.41 Å². The van der Waals surface area contributed by atoms with E-state index in [1.54, 1.807) is 4.46 Å². The Morgan fingerprint density at radius 2 is 0.800 bits per heavy atom. The van der Waals surface area contributed by atoms with Gasteiger partial charge in [-0.3, -0.25) is 0 Å². The third kappa shape index (κ3) is 6.26. The van der Waals surface area contributed by atoms with Gasteiger partial charge in [0.15, 0.2) is 0 Å². The van der Waals surface area contributed by atoms with Crippen LogP contribution in [0.4, 0.5) is 17.1 Å². The zero-order valence-corrected chi connectivity index (χ0v) is 44.3. The molecule has 5 heteroatoms. The van der Waals surface area contributed by atoms with Gasteiger partial charge in [0.25, 0.3) is 0 Å². The van der Waals surface area contributed by atoms with Gasteiger partial charge in [0, 0.05) is 0 Å². The van der Waals surface area contributed by atoms with Gasteiger partial charge in [-0.1, -0.05) is 20.8 Å². The van der Waals surface area contributed by atoms with Crippen molar-refractivity contribution in [2.45, 2.75) is 157 Å². The van der Waals surface area contributed by atoms with Crippen LogP contribution in [0.2, 0.25) is 0 Å². The molecule has 7 aromatic rings. The van der Waals surface area contributed by atoms with Gasteiger partial charge < -0.3 is 0 Å². The number of benzene rings is 6. The second-order valence-electron chi connectivity index (χ2n) is 26.4. The molecule has 0 fully saturated rings. The fraction of sp³-hybridized carbons (Fsp3) is 0.400. The third-order valence-corrected chi connectivity index (χ3v) is 17.9. The van der Waals surface area contributed by atoms with Crippen molar-refractivity contribution in [2.75, 3.05) is 4.90 Å². The molecule has 6 aromatic carbocycles. The summed E-state index contributed by atoms with van der Waals surface area (Å²) in [5.41, 5.74) is 25.4. The van der Waals surface area contributed by atoms with Crippen molar-refractivity contribution in [3.63, 3.8) is 0 Å². The molecule has 5 heterocycles. The van der Waals surface area contributed by atoms with E-state index in [0.29, 0.717) is 0 Å². The molecule has 0 spiro atoms. The molecule has 11 rings (SSSR count). The molecule has 0 radical (unpaired) electrons. The molecule has 0 bridgehead atoms. The summed E-state index contributed by atoms with van der Waals surface area (Å²) in [5.74, 6) is 0. The van der Waals surface area contributed by atoms with Crippen LogP contribution in [-0.2, 0) is 32.5 Å². The number of hydrogen-bond donors (Lipinski definition) is 0. The molecule has 1 aromatic heterocycles. The van der Waals surface area contributed by atoms with Crippen LogP contribution in [0, 0.1) is 0 Å². The molecule has 330 valence electrons. The predicted octanol–water partition coefficient (Wildman–Crippen LogP) is 9.98. The molecule has 4 aliphatic heterocycles. The van der Waals surface area contributed by atoms with E-state index in [9.17, 15) is 0 Å². The van der Waals surface area contributed by atoms with Crippen LogP contribution in [0.25, 0.3) is 27.5 Å². The Kier molecular flexibility index (Phi) is 8.74. The third-order valence-electron chi connectivity index (χ3n) is 15.5. The van der Waals surface area contributed by atoms with Crippen LogP contribution in [0.5, 0.6) is 0 Å².